The molecule has 1 unspecified atom stereocenters. The minimum absolute atomic E-state index is 0.233. The second-order valence-corrected chi connectivity index (χ2v) is 5.99. The van der Waals surface area contributed by atoms with Gasteiger partial charge in [0.15, 0.2) is 5.13 Å². The third-order valence-corrected chi connectivity index (χ3v) is 4.84. The second-order valence-electron chi connectivity index (χ2n) is 5.15. The zero-order valence-corrected chi connectivity index (χ0v) is 13.3. The van der Waals surface area contributed by atoms with Crippen LogP contribution < -0.4 is 4.90 Å². The monoisotopic (exact) mass is 297 g/mol. The van der Waals surface area contributed by atoms with Gasteiger partial charge < -0.3 is 9.64 Å². The van der Waals surface area contributed by atoms with Crippen molar-refractivity contribution >= 4 is 22.4 Å². The predicted octanol–water partition coefficient (Wildman–Crippen LogP) is 1.78. The first-order chi connectivity index (χ1) is 9.63. The second kappa shape index (κ2) is 7.04. The van der Waals surface area contributed by atoms with Crippen LogP contribution in [0.15, 0.2) is 5.38 Å². The van der Waals surface area contributed by atoms with E-state index >= 15 is 0 Å². The topological polar surface area (TPSA) is 45.7 Å². The zero-order chi connectivity index (χ0) is 14.5. The third-order valence-electron chi connectivity index (χ3n) is 3.89. The van der Waals surface area contributed by atoms with E-state index in [1.165, 1.54) is 13.5 Å². The molecule has 1 aromatic rings. The number of thiazole rings is 1. The van der Waals surface area contributed by atoms with Crippen LogP contribution in [0.2, 0.25) is 0 Å². The van der Waals surface area contributed by atoms with Crippen molar-refractivity contribution in [3.05, 3.63) is 11.1 Å². The first-order valence-corrected chi connectivity index (χ1v) is 8.02. The van der Waals surface area contributed by atoms with Crippen molar-refractivity contribution in [1.82, 2.24) is 9.88 Å². The maximum absolute atomic E-state index is 11.2. The van der Waals surface area contributed by atoms with Crippen LogP contribution in [-0.4, -0.2) is 55.2 Å². The Hall–Kier alpha value is -1.14. The number of aromatic nitrogens is 1. The molecule has 1 aliphatic rings. The van der Waals surface area contributed by atoms with Gasteiger partial charge in [-0.2, -0.15) is 0 Å². The number of carbonyl (C=O) groups excluding carboxylic acids is 1. The van der Waals surface area contributed by atoms with Crippen LogP contribution in [0.1, 0.15) is 26.0 Å². The summed E-state index contributed by atoms with van der Waals surface area (Å²) in [5.74, 6) is -0.233. The van der Waals surface area contributed by atoms with Crippen LogP contribution in [0.3, 0.4) is 0 Å². The molecule has 5 nitrogen and oxygen atoms in total. The Bertz CT molecular complexity index is 441. The average Bonchev–Trinajstić information content (AvgIpc) is 2.95. The van der Waals surface area contributed by atoms with Crippen molar-refractivity contribution in [1.29, 1.82) is 0 Å². The number of ether oxygens (including phenoxy) is 1. The fraction of sp³-hybridized carbons (Fsp3) is 0.714. The summed E-state index contributed by atoms with van der Waals surface area (Å²) in [6.45, 7) is 8.71. The molecule has 0 spiro atoms. The van der Waals surface area contributed by atoms with Crippen molar-refractivity contribution in [2.75, 3.05) is 38.2 Å². The summed E-state index contributed by atoms with van der Waals surface area (Å²) in [5.41, 5.74) is 0.807. The SMILES string of the molecule is CCC(C)N1CCN(c2nc(CC(=O)OC)cs2)CC1. The first kappa shape index (κ1) is 15.3. The normalized spacial score (nSPS) is 18.1. The quantitative estimate of drug-likeness (QED) is 0.775. The van der Waals surface area contributed by atoms with Crippen molar-refractivity contribution in [2.24, 2.45) is 0 Å². The number of esters is 1. The van der Waals surface area contributed by atoms with Gasteiger partial charge in [-0.25, -0.2) is 4.98 Å². The smallest absolute Gasteiger partial charge is 0.311 e. The molecule has 0 aliphatic carbocycles. The van der Waals surface area contributed by atoms with Gasteiger partial charge in [-0.1, -0.05) is 6.92 Å². The summed E-state index contributed by atoms with van der Waals surface area (Å²) in [4.78, 5) is 20.6. The van der Waals surface area contributed by atoms with Crippen molar-refractivity contribution in [2.45, 2.75) is 32.7 Å². The van der Waals surface area contributed by atoms with E-state index in [9.17, 15) is 4.79 Å². The lowest BCUT2D eigenvalue weighted by atomic mass is 10.2. The number of rotatable bonds is 5. The van der Waals surface area contributed by atoms with E-state index in [4.69, 9.17) is 0 Å². The van der Waals surface area contributed by atoms with Crippen LogP contribution >= 0.6 is 11.3 Å². The lowest BCUT2D eigenvalue weighted by Gasteiger charge is -2.37. The lowest BCUT2D eigenvalue weighted by Crippen LogP contribution is -2.49. The van der Waals surface area contributed by atoms with Crippen molar-refractivity contribution in [3.63, 3.8) is 0 Å². The molecule has 0 radical (unpaired) electrons. The Morgan fingerprint density at radius 2 is 2.15 bits per heavy atom. The molecular formula is C14H23N3O2S. The van der Waals surface area contributed by atoms with Gasteiger partial charge in [0, 0.05) is 37.6 Å². The number of nitrogens with zero attached hydrogens (tertiary/aromatic N) is 3. The van der Waals surface area contributed by atoms with Gasteiger partial charge in [0.25, 0.3) is 0 Å². The molecule has 1 fully saturated rings. The van der Waals surface area contributed by atoms with E-state index in [0.29, 0.717) is 6.04 Å². The molecule has 1 atom stereocenters. The number of anilines is 1. The van der Waals surface area contributed by atoms with Gasteiger partial charge >= 0.3 is 5.97 Å². The molecular weight excluding hydrogens is 274 g/mol. The number of methoxy groups -OCH3 is 1. The van der Waals surface area contributed by atoms with Crippen LogP contribution in [-0.2, 0) is 16.0 Å². The van der Waals surface area contributed by atoms with Crippen LogP contribution in [0.4, 0.5) is 5.13 Å². The summed E-state index contributed by atoms with van der Waals surface area (Å²) in [7, 11) is 1.41. The van der Waals surface area contributed by atoms with Gasteiger partial charge in [-0.15, -0.1) is 11.3 Å². The lowest BCUT2D eigenvalue weighted by molar-refractivity contribution is -0.139. The summed E-state index contributed by atoms with van der Waals surface area (Å²) in [5, 5.41) is 2.97. The Balaban J connectivity index is 1.89. The summed E-state index contributed by atoms with van der Waals surface area (Å²) in [6, 6.07) is 0.656. The fourth-order valence-electron chi connectivity index (χ4n) is 2.35. The maximum Gasteiger partial charge on any atom is 0.311 e. The molecule has 20 heavy (non-hydrogen) atoms. The van der Waals surface area contributed by atoms with E-state index in [2.05, 4.69) is 33.4 Å². The van der Waals surface area contributed by atoms with E-state index in [-0.39, 0.29) is 12.4 Å². The Morgan fingerprint density at radius 1 is 1.45 bits per heavy atom. The molecule has 112 valence electrons. The number of piperazine rings is 1. The summed E-state index contributed by atoms with van der Waals surface area (Å²) >= 11 is 1.61. The Morgan fingerprint density at radius 3 is 2.75 bits per heavy atom. The molecule has 6 heteroatoms. The fourth-order valence-corrected chi connectivity index (χ4v) is 3.23. The third kappa shape index (κ3) is 3.70. The molecule has 0 amide bonds. The van der Waals surface area contributed by atoms with Crippen LogP contribution in [0, 0.1) is 0 Å². The minimum atomic E-state index is -0.233. The van der Waals surface area contributed by atoms with Crippen molar-refractivity contribution < 1.29 is 9.53 Å². The average molecular weight is 297 g/mol. The molecule has 0 aromatic carbocycles. The Labute approximate surface area is 124 Å². The van der Waals surface area contributed by atoms with Gasteiger partial charge in [-0.05, 0) is 13.3 Å². The molecule has 0 bridgehead atoms. The molecule has 1 aliphatic heterocycles. The highest BCUT2D eigenvalue weighted by Crippen LogP contribution is 2.23. The van der Waals surface area contributed by atoms with E-state index in [0.717, 1.165) is 37.0 Å². The minimum Gasteiger partial charge on any atom is -0.469 e. The van der Waals surface area contributed by atoms with E-state index in [1.54, 1.807) is 11.3 Å². The molecule has 1 aromatic heterocycles. The highest BCUT2D eigenvalue weighted by molar-refractivity contribution is 7.13. The largest absolute Gasteiger partial charge is 0.469 e. The standard InChI is InChI=1S/C14H23N3O2S/c1-4-11(2)16-5-7-17(8-6-16)14-15-12(10-20-14)9-13(18)19-3/h10-11H,4-9H2,1-3H3. The molecule has 2 heterocycles. The number of carbonyl (C=O) groups is 1. The molecule has 2 rings (SSSR count). The Kier molecular flexibility index (Phi) is 5.37. The first-order valence-electron chi connectivity index (χ1n) is 7.14. The van der Waals surface area contributed by atoms with Crippen LogP contribution in [0.25, 0.3) is 0 Å². The van der Waals surface area contributed by atoms with Gasteiger partial charge in [0.2, 0.25) is 0 Å². The van der Waals surface area contributed by atoms with Gasteiger partial charge in [0.1, 0.15) is 0 Å². The maximum atomic E-state index is 11.2. The number of hydrogen-bond acceptors (Lipinski definition) is 6. The molecule has 0 saturated carbocycles. The highest BCUT2D eigenvalue weighted by Gasteiger charge is 2.22. The molecule has 1 saturated heterocycles. The van der Waals surface area contributed by atoms with Gasteiger partial charge in [0.05, 0.1) is 19.2 Å². The van der Waals surface area contributed by atoms with E-state index < -0.39 is 0 Å². The van der Waals surface area contributed by atoms with Crippen LogP contribution in [0.5, 0.6) is 0 Å². The number of hydrogen-bond donors (Lipinski definition) is 0. The molecule has 0 N–H and O–H groups in total. The predicted molar refractivity (Wildman–Crippen MR) is 81.4 cm³/mol. The van der Waals surface area contributed by atoms with Crippen molar-refractivity contribution in [3.8, 4) is 0 Å². The highest BCUT2D eigenvalue weighted by atomic mass is 32.1. The van der Waals surface area contributed by atoms with Gasteiger partial charge in [-0.3, -0.25) is 9.69 Å². The summed E-state index contributed by atoms with van der Waals surface area (Å²) in [6.07, 6.45) is 1.46. The zero-order valence-electron chi connectivity index (χ0n) is 12.5. The summed E-state index contributed by atoms with van der Waals surface area (Å²) < 4.78 is 4.67. The van der Waals surface area contributed by atoms with E-state index in [1.807, 2.05) is 5.38 Å².